The van der Waals surface area contributed by atoms with Crippen molar-refractivity contribution in [2.24, 2.45) is 0 Å². The van der Waals surface area contributed by atoms with E-state index in [9.17, 15) is 8.42 Å². The highest BCUT2D eigenvalue weighted by molar-refractivity contribution is 7.89. The normalized spacial score (nSPS) is 12.9. The number of nitrogens with zero attached hydrogens (tertiary/aromatic N) is 4. The van der Waals surface area contributed by atoms with Gasteiger partial charge in [0.1, 0.15) is 0 Å². The van der Waals surface area contributed by atoms with Gasteiger partial charge in [-0.3, -0.25) is 0 Å². The minimum absolute atomic E-state index is 0.159. The molecule has 32 heavy (non-hydrogen) atoms. The van der Waals surface area contributed by atoms with Crippen LogP contribution in [0.25, 0.3) is 27.8 Å². The van der Waals surface area contributed by atoms with E-state index in [1.165, 1.54) is 0 Å². The van der Waals surface area contributed by atoms with Crippen molar-refractivity contribution in [3.8, 4) is 11.4 Å². The molecular formula is C24H21N5O2S. The van der Waals surface area contributed by atoms with E-state index < -0.39 is 10.0 Å². The SMILES string of the molecule is Cc1nn2c(-c3cccc(S(=O)(=O)N[C@@H](C)c4ccccc4)c3)nnc2c2ccccc12. The van der Waals surface area contributed by atoms with E-state index in [1.54, 1.807) is 22.7 Å². The lowest BCUT2D eigenvalue weighted by Crippen LogP contribution is -2.26. The third-order valence-corrected chi connectivity index (χ3v) is 7.02. The Morgan fingerprint density at radius 1 is 0.875 bits per heavy atom. The molecule has 0 amide bonds. The number of hydrogen-bond donors (Lipinski definition) is 1. The zero-order valence-electron chi connectivity index (χ0n) is 17.6. The van der Waals surface area contributed by atoms with Crippen LogP contribution in [0.1, 0.15) is 24.2 Å². The predicted octanol–water partition coefficient (Wildman–Crippen LogP) is 4.29. The smallest absolute Gasteiger partial charge is 0.207 e. The maximum Gasteiger partial charge on any atom is 0.241 e. The Morgan fingerprint density at radius 2 is 1.59 bits per heavy atom. The van der Waals surface area contributed by atoms with Crippen LogP contribution in [0.5, 0.6) is 0 Å². The quantitative estimate of drug-likeness (QED) is 0.438. The summed E-state index contributed by atoms with van der Waals surface area (Å²) in [6.45, 7) is 3.75. The van der Waals surface area contributed by atoms with E-state index in [0.29, 0.717) is 17.0 Å². The van der Waals surface area contributed by atoms with Crippen molar-refractivity contribution in [3.63, 3.8) is 0 Å². The Kier molecular flexibility index (Phi) is 4.96. The molecule has 0 radical (unpaired) electrons. The Morgan fingerprint density at radius 3 is 2.38 bits per heavy atom. The summed E-state index contributed by atoms with van der Waals surface area (Å²) >= 11 is 0. The van der Waals surface area contributed by atoms with Gasteiger partial charge in [-0.15, -0.1) is 10.2 Å². The van der Waals surface area contributed by atoms with Crippen LogP contribution in [0, 0.1) is 6.92 Å². The second-order valence-electron chi connectivity index (χ2n) is 7.67. The predicted molar refractivity (Wildman–Crippen MR) is 124 cm³/mol. The number of fused-ring (bicyclic) bond motifs is 3. The van der Waals surface area contributed by atoms with Crippen LogP contribution in [-0.2, 0) is 10.0 Å². The summed E-state index contributed by atoms with van der Waals surface area (Å²) in [6, 6.07) is 23.7. The van der Waals surface area contributed by atoms with Crippen LogP contribution < -0.4 is 4.72 Å². The summed E-state index contributed by atoms with van der Waals surface area (Å²) in [5.41, 5.74) is 2.98. The zero-order valence-corrected chi connectivity index (χ0v) is 18.4. The minimum Gasteiger partial charge on any atom is -0.207 e. The molecule has 8 heteroatoms. The largest absolute Gasteiger partial charge is 0.241 e. The number of hydrogen-bond acceptors (Lipinski definition) is 5. The van der Waals surface area contributed by atoms with Crippen LogP contribution in [0.15, 0.2) is 83.8 Å². The van der Waals surface area contributed by atoms with E-state index >= 15 is 0 Å². The number of aryl methyl sites for hydroxylation is 1. The topological polar surface area (TPSA) is 89.3 Å². The van der Waals surface area contributed by atoms with Gasteiger partial charge in [0.25, 0.3) is 0 Å². The molecule has 5 rings (SSSR count). The molecule has 2 heterocycles. The van der Waals surface area contributed by atoms with Crippen molar-refractivity contribution in [2.45, 2.75) is 24.8 Å². The van der Waals surface area contributed by atoms with E-state index in [4.69, 9.17) is 0 Å². The summed E-state index contributed by atoms with van der Waals surface area (Å²) in [4.78, 5) is 0.159. The maximum absolute atomic E-state index is 13.1. The second-order valence-corrected chi connectivity index (χ2v) is 9.39. The highest BCUT2D eigenvalue weighted by Gasteiger charge is 2.20. The van der Waals surface area contributed by atoms with Crippen LogP contribution in [-0.4, -0.2) is 28.2 Å². The number of sulfonamides is 1. The highest BCUT2D eigenvalue weighted by Crippen LogP contribution is 2.26. The average molecular weight is 444 g/mol. The van der Waals surface area contributed by atoms with Crippen molar-refractivity contribution in [2.75, 3.05) is 0 Å². The molecule has 0 bridgehead atoms. The molecule has 0 aliphatic carbocycles. The fourth-order valence-corrected chi connectivity index (χ4v) is 5.11. The first-order valence-corrected chi connectivity index (χ1v) is 11.7. The Labute approximate surface area is 185 Å². The molecule has 160 valence electrons. The fraction of sp³-hybridized carbons (Fsp3) is 0.125. The standard InChI is InChI=1S/C24H21N5O2S/c1-16(18-9-4-3-5-10-18)28-32(30,31)20-12-8-11-19(15-20)23-25-26-24-22-14-7-6-13-21(22)17(2)27-29(23)24/h3-16,28H,1-2H3/t16-/m0/s1. The lowest BCUT2D eigenvalue weighted by Gasteiger charge is -2.15. The van der Waals surface area contributed by atoms with Crippen molar-refractivity contribution in [1.82, 2.24) is 24.5 Å². The Bertz CT molecular complexity index is 1550. The molecule has 2 aromatic heterocycles. The number of nitrogens with one attached hydrogen (secondary N) is 1. The van der Waals surface area contributed by atoms with E-state index in [1.807, 2.05) is 74.5 Å². The molecule has 0 saturated carbocycles. The van der Waals surface area contributed by atoms with Crippen LogP contribution >= 0.6 is 0 Å². The molecule has 3 aromatic carbocycles. The third-order valence-electron chi connectivity index (χ3n) is 5.48. The third kappa shape index (κ3) is 3.53. The van der Waals surface area contributed by atoms with Gasteiger partial charge in [0.2, 0.25) is 10.0 Å². The summed E-state index contributed by atoms with van der Waals surface area (Å²) in [6.07, 6.45) is 0. The van der Waals surface area contributed by atoms with Gasteiger partial charge in [-0.25, -0.2) is 13.1 Å². The first kappa shape index (κ1) is 20.3. The number of rotatable bonds is 5. The van der Waals surface area contributed by atoms with Crippen LogP contribution in [0.2, 0.25) is 0 Å². The molecule has 1 N–H and O–H groups in total. The summed E-state index contributed by atoms with van der Waals surface area (Å²) in [7, 11) is -3.75. The molecule has 0 fully saturated rings. The summed E-state index contributed by atoms with van der Waals surface area (Å²) in [5, 5.41) is 15.3. The molecule has 0 aliphatic heterocycles. The number of benzene rings is 3. The molecule has 0 saturated heterocycles. The monoisotopic (exact) mass is 443 g/mol. The fourth-order valence-electron chi connectivity index (χ4n) is 3.83. The van der Waals surface area contributed by atoms with Crippen molar-refractivity contribution < 1.29 is 8.42 Å². The Balaban J connectivity index is 1.55. The molecule has 1 atom stereocenters. The lowest BCUT2D eigenvalue weighted by atomic mass is 10.1. The minimum atomic E-state index is -3.75. The average Bonchev–Trinajstić information content (AvgIpc) is 3.24. The molecule has 7 nitrogen and oxygen atoms in total. The van der Waals surface area contributed by atoms with Crippen LogP contribution in [0.4, 0.5) is 0 Å². The van der Waals surface area contributed by atoms with Gasteiger partial charge in [0.05, 0.1) is 10.6 Å². The molecule has 0 aliphatic rings. The van der Waals surface area contributed by atoms with E-state index in [0.717, 1.165) is 22.0 Å². The molecule has 0 unspecified atom stereocenters. The number of aromatic nitrogens is 4. The van der Waals surface area contributed by atoms with Gasteiger partial charge in [0, 0.05) is 22.4 Å². The van der Waals surface area contributed by atoms with Crippen molar-refractivity contribution in [3.05, 3.63) is 90.1 Å². The van der Waals surface area contributed by atoms with Crippen LogP contribution in [0.3, 0.4) is 0 Å². The van der Waals surface area contributed by atoms with Crippen molar-refractivity contribution in [1.29, 1.82) is 0 Å². The molecule has 5 aromatic rings. The van der Waals surface area contributed by atoms with Gasteiger partial charge >= 0.3 is 0 Å². The van der Waals surface area contributed by atoms with E-state index in [2.05, 4.69) is 20.0 Å². The summed E-state index contributed by atoms with van der Waals surface area (Å²) in [5.74, 6) is 0.488. The maximum atomic E-state index is 13.1. The lowest BCUT2D eigenvalue weighted by molar-refractivity contribution is 0.567. The van der Waals surface area contributed by atoms with Gasteiger partial charge < -0.3 is 0 Å². The van der Waals surface area contributed by atoms with Gasteiger partial charge in [-0.1, -0.05) is 66.7 Å². The van der Waals surface area contributed by atoms with Gasteiger partial charge in [0.15, 0.2) is 11.5 Å². The Hall–Kier alpha value is -3.62. The van der Waals surface area contributed by atoms with Gasteiger partial charge in [-0.05, 0) is 31.5 Å². The van der Waals surface area contributed by atoms with Gasteiger partial charge in [-0.2, -0.15) is 9.61 Å². The highest BCUT2D eigenvalue weighted by atomic mass is 32.2. The van der Waals surface area contributed by atoms with Crippen molar-refractivity contribution >= 4 is 26.4 Å². The first-order chi connectivity index (χ1) is 15.4. The second kappa shape index (κ2) is 7.81. The zero-order chi connectivity index (χ0) is 22.3. The first-order valence-electron chi connectivity index (χ1n) is 10.2. The summed E-state index contributed by atoms with van der Waals surface area (Å²) < 4.78 is 30.5. The van der Waals surface area contributed by atoms with E-state index in [-0.39, 0.29) is 10.9 Å². The molecule has 0 spiro atoms. The molecular weight excluding hydrogens is 422 g/mol.